The fourth-order valence-corrected chi connectivity index (χ4v) is 4.47. The molecule has 0 bridgehead atoms. The second-order valence-corrected chi connectivity index (χ2v) is 7.88. The van der Waals surface area contributed by atoms with Crippen molar-refractivity contribution in [1.82, 2.24) is 15.2 Å². The molecule has 0 unspecified atom stereocenters. The van der Waals surface area contributed by atoms with E-state index in [0.29, 0.717) is 19.6 Å². The summed E-state index contributed by atoms with van der Waals surface area (Å²) in [6.07, 6.45) is 0.975. The Kier molecular flexibility index (Phi) is 5.43. The zero-order valence-corrected chi connectivity index (χ0v) is 16.6. The number of para-hydroxylation sites is 1. The van der Waals surface area contributed by atoms with Gasteiger partial charge in [-0.2, -0.15) is 0 Å². The van der Waals surface area contributed by atoms with Crippen molar-refractivity contribution in [3.05, 3.63) is 59.4 Å². The second kappa shape index (κ2) is 8.14. The van der Waals surface area contributed by atoms with E-state index in [1.165, 1.54) is 22.4 Å². The Labute approximate surface area is 167 Å². The van der Waals surface area contributed by atoms with Crippen LogP contribution in [0, 0.1) is 5.82 Å². The number of piperazine rings is 1. The minimum absolute atomic E-state index is 0.0819. The lowest BCUT2D eigenvalue weighted by Crippen LogP contribution is -2.51. The van der Waals surface area contributed by atoms with Gasteiger partial charge in [0, 0.05) is 32.7 Å². The van der Waals surface area contributed by atoms with Crippen LogP contribution in [0.3, 0.4) is 0 Å². The molecule has 0 atom stereocenters. The number of aryl methyl sites for hydroxylation is 1. The molecule has 3 aromatic rings. The van der Waals surface area contributed by atoms with Gasteiger partial charge in [0.05, 0.1) is 10.2 Å². The number of nitrogens with one attached hydrogen (secondary N) is 1. The molecule has 2 amide bonds. The molecular weight excluding hydrogens is 375 g/mol. The normalized spacial score (nSPS) is 14.5. The number of hydrogen-bond donors (Lipinski definition) is 1. The highest BCUT2D eigenvalue weighted by molar-refractivity contribution is 7.22. The third-order valence-electron chi connectivity index (χ3n) is 5.07. The van der Waals surface area contributed by atoms with E-state index in [0.717, 1.165) is 35.7 Å². The smallest absolute Gasteiger partial charge is 0.317 e. The first-order valence-electron chi connectivity index (χ1n) is 9.54. The van der Waals surface area contributed by atoms with Gasteiger partial charge in [0.15, 0.2) is 5.13 Å². The van der Waals surface area contributed by atoms with Gasteiger partial charge in [-0.25, -0.2) is 14.2 Å². The number of urea groups is 1. The third-order valence-corrected chi connectivity index (χ3v) is 6.15. The zero-order chi connectivity index (χ0) is 19.5. The monoisotopic (exact) mass is 398 g/mol. The van der Waals surface area contributed by atoms with E-state index in [1.54, 1.807) is 23.5 Å². The number of fused-ring (bicyclic) bond motifs is 1. The molecule has 1 aliphatic heterocycles. The number of rotatable bonds is 4. The fourth-order valence-electron chi connectivity index (χ4n) is 3.41. The van der Waals surface area contributed by atoms with Crippen LogP contribution in [-0.2, 0) is 13.0 Å². The van der Waals surface area contributed by atoms with E-state index in [2.05, 4.69) is 35.3 Å². The molecule has 2 aromatic carbocycles. The van der Waals surface area contributed by atoms with Gasteiger partial charge in [-0.05, 0) is 35.7 Å². The van der Waals surface area contributed by atoms with Crippen molar-refractivity contribution in [2.75, 3.05) is 31.1 Å². The van der Waals surface area contributed by atoms with E-state index in [1.807, 2.05) is 4.90 Å². The third kappa shape index (κ3) is 3.94. The molecule has 2 heterocycles. The van der Waals surface area contributed by atoms with Crippen LogP contribution in [0.25, 0.3) is 10.2 Å². The van der Waals surface area contributed by atoms with Crippen LogP contribution in [0.4, 0.5) is 14.3 Å². The number of carbonyl (C=O) groups is 1. The van der Waals surface area contributed by atoms with Crippen molar-refractivity contribution in [2.45, 2.75) is 19.9 Å². The first-order chi connectivity index (χ1) is 13.6. The number of aromatic nitrogens is 1. The van der Waals surface area contributed by atoms with Gasteiger partial charge < -0.3 is 15.1 Å². The zero-order valence-electron chi connectivity index (χ0n) is 15.8. The van der Waals surface area contributed by atoms with Crippen LogP contribution in [0.5, 0.6) is 0 Å². The van der Waals surface area contributed by atoms with E-state index in [-0.39, 0.29) is 11.8 Å². The van der Waals surface area contributed by atoms with Gasteiger partial charge in [-0.1, -0.05) is 42.5 Å². The predicted octanol–water partition coefficient (Wildman–Crippen LogP) is 4.03. The molecule has 1 fully saturated rings. The summed E-state index contributed by atoms with van der Waals surface area (Å²) in [6, 6.07) is 12.4. The molecule has 7 heteroatoms. The van der Waals surface area contributed by atoms with Gasteiger partial charge >= 0.3 is 6.03 Å². The van der Waals surface area contributed by atoms with Crippen LogP contribution in [0.1, 0.15) is 18.1 Å². The lowest BCUT2D eigenvalue weighted by molar-refractivity contribution is 0.194. The minimum atomic E-state index is -0.271. The van der Waals surface area contributed by atoms with Gasteiger partial charge in [0.25, 0.3) is 0 Å². The van der Waals surface area contributed by atoms with Gasteiger partial charge in [0.1, 0.15) is 5.82 Å². The average molecular weight is 399 g/mol. The van der Waals surface area contributed by atoms with E-state index in [9.17, 15) is 9.18 Å². The van der Waals surface area contributed by atoms with Crippen LogP contribution in [0.15, 0.2) is 42.5 Å². The predicted molar refractivity (Wildman–Crippen MR) is 111 cm³/mol. The standard InChI is InChI=1S/C21H23FN4OS/c1-2-16-4-3-5-18-19(16)24-21(28-18)26-12-10-25(11-13-26)20(27)23-14-15-6-8-17(22)9-7-15/h3-9H,2,10-14H2,1H3,(H,23,27). The summed E-state index contributed by atoms with van der Waals surface area (Å²) in [7, 11) is 0. The SMILES string of the molecule is CCc1cccc2sc(N3CCN(C(=O)NCc4ccc(F)cc4)CC3)nc12. The molecular formula is C21H23FN4OS. The van der Waals surface area contributed by atoms with Crippen LogP contribution in [0.2, 0.25) is 0 Å². The summed E-state index contributed by atoms with van der Waals surface area (Å²) >= 11 is 1.72. The molecule has 0 aliphatic carbocycles. The molecule has 1 aromatic heterocycles. The minimum Gasteiger partial charge on any atom is -0.345 e. The lowest BCUT2D eigenvalue weighted by atomic mass is 10.1. The number of thiazole rings is 1. The van der Waals surface area contributed by atoms with E-state index < -0.39 is 0 Å². The molecule has 1 saturated heterocycles. The summed E-state index contributed by atoms with van der Waals surface area (Å²) < 4.78 is 14.2. The number of nitrogens with zero attached hydrogens (tertiary/aromatic N) is 3. The Morgan fingerprint density at radius 2 is 1.89 bits per heavy atom. The van der Waals surface area contributed by atoms with Crippen LogP contribution < -0.4 is 10.2 Å². The van der Waals surface area contributed by atoms with Crippen molar-refractivity contribution < 1.29 is 9.18 Å². The molecule has 146 valence electrons. The lowest BCUT2D eigenvalue weighted by Gasteiger charge is -2.34. The van der Waals surface area contributed by atoms with Crippen molar-refractivity contribution in [3.8, 4) is 0 Å². The maximum absolute atomic E-state index is 13.0. The Balaban J connectivity index is 1.34. The van der Waals surface area contributed by atoms with Crippen LogP contribution in [-0.4, -0.2) is 42.1 Å². The fraction of sp³-hybridized carbons (Fsp3) is 0.333. The van der Waals surface area contributed by atoms with Gasteiger partial charge in [-0.3, -0.25) is 0 Å². The molecule has 4 rings (SSSR count). The van der Waals surface area contributed by atoms with Crippen molar-refractivity contribution in [2.24, 2.45) is 0 Å². The highest BCUT2D eigenvalue weighted by Crippen LogP contribution is 2.31. The molecule has 0 saturated carbocycles. The summed E-state index contributed by atoms with van der Waals surface area (Å²) in [5.41, 5.74) is 3.26. The number of hydrogen-bond acceptors (Lipinski definition) is 4. The van der Waals surface area contributed by atoms with Gasteiger partial charge in [-0.15, -0.1) is 0 Å². The first-order valence-corrected chi connectivity index (χ1v) is 10.4. The van der Waals surface area contributed by atoms with Crippen molar-refractivity contribution in [3.63, 3.8) is 0 Å². The molecule has 0 spiro atoms. The van der Waals surface area contributed by atoms with Crippen LogP contribution >= 0.6 is 11.3 Å². The number of anilines is 1. The molecule has 1 aliphatic rings. The second-order valence-electron chi connectivity index (χ2n) is 6.87. The Bertz CT molecular complexity index is 964. The maximum atomic E-state index is 13.0. The Hall–Kier alpha value is -2.67. The number of benzene rings is 2. The first kappa shape index (κ1) is 18.7. The summed E-state index contributed by atoms with van der Waals surface area (Å²) in [5.74, 6) is -0.271. The summed E-state index contributed by atoms with van der Waals surface area (Å²) in [6.45, 7) is 5.40. The van der Waals surface area contributed by atoms with Crippen molar-refractivity contribution >= 4 is 32.7 Å². The van der Waals surface area contributed by atoms with Crippen molar-refractivity contribution in [1.29, 1.82) is 0 Å². The molecule has 28 heavy (non-hydrogen) atoms. The van der Waals surface area contributed by atoms with E-state index in [4.69, 9.17) is 4.98 Å². The van der Waals surface area contributed by atoms with Gasteiger partial charge in [0.2, 0.25) is 0 Å². The average Bonchev–Trinajstić information content (AvgIpc) is 3.17. The maximum Gasteiger partial charge on any atom is 0.317 e. The topological polar surface area (TPSA) is 48.5 Å². The number of carbonyl (C=O) groups excluding carboxylic acids is 1. The Morgan fingerprint density at radius 3 is 2.61 bits per heavy atom. The highest BCUT2D eigenvalue weighted by Gasteiger charge is 2.23. The summed E-state index contributed by atoms with van der Waals surface area (Å²) in [4.78, 5) is 21.4. The quantitative estimate of drug-likeness (QED) is 0.722. The molecule has 0 radical (unpaired) electrons. The molecule has 5 nitrogen and oxygen atoms in total. The molecule has 1 N–H and O–H groups in total. The number of amides is 2. The van der Waals surface area contributed by atoms with E-state index >= 15 is 0 Å². The largest absolute Gasteiger partial charge is 0.345 e. The number of halogens is 1. The Morgan fingerprint density at radius 1 is 1.14 bits per heavy atom. The summed E-state index contributed by atoms with van der Waals surface area (Å²) in [5, 5.41) is 3.94. The highest BCUT2D eigenvalue weighted by atomic mass is 32.1.